The number of aromatic nitrogens is 4. The Morgan fingerprint density at radius 2 is 2.25 bits per heavy atom. The molecule has 0 N–H and O–H groups in total. The fraction of sp³-hybridized carbons (Fsp3) is 0.625. The summed E-state index contributed by atoms with van der Waals surface area (Å²) in [5, 5.41) is 4.00. The van der Waals surface area contributed by atoms with Gasteiger partial charge in [0.2, 0.25) is 11.8 Å². The first-order chi connectivity index (χ1) is 11.8. The molecular formula is C16H21N5O3. The lowest BCUT2D eigenvalue weighted by Crippen LogP contribution is -2.49. The van der Waals surface area contributed by atoms with Crippen LogP contribution in [0.5, 0.6) is 0 Å². The van der Waals surface area contributed by atoms with Gasteiger partial charge in [-0.3, -0.25) is 4.79 Å². The van der Waals surface area contributed by atoms with Gasteiger partial charge in [0, 0.05) is 38.5 Å². The number of nitrogens with zero attached hydrogens (tertiary/aromatic N) is 5. The molecule has 0 atom stereocenters. The standard InChI is InChI=1S/C16H21N5O3/c22-15(9-20-5-4-17-11-20)21-7-13(8-21)16-18-14(19-24-16)3-6-23-10-12-1-2-12/h4-5,11-13H,1-3,6-10H2. The summed E-state index contributed by atoms with van der Waals surface area (Å²) >= 11 is 0. The molecule has 1 saturated heterocycles. The van der Waals surface area contributed by atoms with Crippen molar-refractivity contribution in [2.45, 2.75) is 31.7 Å². The highest BCUT2D eigenvalue weighted by atomic mass is 16.5. The van der Waals surface area contributed by atoms with E-state index in [0.29, 0.717) is 44.4 Å². The first-order valence-corrected chi connectivity index (χ1v) is 8.41. The Morgan fingerprint density at radius 3 is 3.00 bits per heavy atom. The fourth-order valence-corrected chi connectivity index (χ4v) is 2.71. The maximum atomic E-state index is 12.1. The van der Waals surface area contributed by atoms with Gasteiger partial charge in [-0.1, -0.05) is 5.16 Å². The largest absolute Gasteiger partial charge is 0.381 e. The SMILES string of the molecule is O=C(Cn1ccnc1)N1CC(c2nc(CCOCC3CC3)no2)C1. The second kappa shape index (κ2) is 6.72. The van der Waals surface area contributed by atoms with Crippen molar-refractivity contribution in [1.82, 2.24) is 24.6 Å². The summed E-state index contributed by atoms with van der Waals surface area (Å²) in [7, 11) is 0. The van der Waals surface area contributed by atoms with Gasteiger partial charge in [-0.15, -0.1) is 0 Å². The molecule has 3 heterocycles. The van der Waals surface area contributed by atoms with Crippen LogP contribution in [0.4, 0.5) is 0 Å². The maximum absolute atomic E-state index is 12.1. The quantitative estimate of drug-likeness (QED) is 0.667. The van der Waals surface area contributed by atoms with E-state index in [1.807, 2.05) is 0 Å². The van der Waals surface area contributed by atoms with Crippen molar-refractivity contribution in [2.24, 2.45) is 5.92 Å². The lowest BCUT2D eigenvalue weighted by Gasteiger charge is -2.37. The van der Waals surface area contributed by atoms with E-state index in [1.165, 1.54) is 12.8 Å². The average molecular weight is 331 g/mol. The molecule has 1 aliphatic carbocycles. The van der Waals surface area contributed by atoms with Crippen LogP contribution in [0.1, 0.15) is 30.5 Å². The van der Waals surface area contributed by atoms with Gasteiger partial charge in [0.15, 0.2) is 5.82 Å². The number of carbonyl (C=O) groups is 1. The van der Waals surface area contributed by atoms with Gasteiger partial charge in [0.05, 0.1) is 18.9 Å². The summed E-state index contributed by atoms with van der Waals surface area (Å²) in [6, 6.07) is 0. The van der Waals surface area contributed by atoms with Gasteiger partial charge in [0.1, 0.15) is 6.54 Å². The molecule has 0 aromatic carbocycles. The molecule has 0 radical (unpaired) electrons. The van der Waals surface area contributed by atoms with Crippen LogP contribution >= 0.6 is 0 Å². The van der Waals surface area contributed by atoms with Gasteiger partial charge < -0.3 is 18.7 Å². The summed E-state index contributed by atoms with van der Waals surface area (Å²) in [5.74, 6) is 2.30. The van der Waals surface area contributed by atoms with Crippen LogP contribution in [0.15, 0.2) is 23.2 Å². The number of rotatable bonds is 8. The van der Waals surface area contributed by atoms with Crippen LogP contribution in [-0.4, -0.2) is 56.8 Å². The van der Waals surface area contributed by atoms with E-state index in [4.69, 9.17) is 9.26 Å². The number of imidazole rings is 1. The van der Waals surface area contributed by atoms with Crippen molar-refractivity contribution in [3.05, 3.63) is 30.4 Å². The van der Waals surface area contributed by atoms with E-state index in [2.05, 4.69) is 15.1 Å². The Hall–Kier alpha value is -2.22. The average Bonchev–Trinajstić information content (AvgIpc) is 3.00. The van der Waals surface area contributed by atoms with Crippen molar-refractivity contribution in [3.63, 3.8) is 0 Å². The number of ether oxygens (including phenoxy) is 1. The van der Waals surface area contributed by atoms with E-state index in [-0.39, 0.29) is 11.8 Å². The van der Waals surface area contributed by atoms with Crippen LogP contribution in [0.3, 0.4) is 0 Å². The molecule has 0 spiro atoms. The molecule has 8 heteroatoms. The monoisotopic (exact) mass is 331 g/mol. The summed E-state index contributed by atoms with van der Waals surface area (Å²) < 4.78 is 12.7. The van der Waals surface area contributed by atoms with E-state index in [0.717, 1.165) is 12.5 Å². The minimum absolute atomic E-state index is 0.0810. The third-order valence-corrected chi connectivity index (χ3v) is 4.46. The van der Waals surface area contributed by atoms with Crippen LogP contribution in [0.25, 0.3) is 0 Å². The second-order valence-corrected chi connectivity index (χ2v) is 6.55. The molecule has 8 nitrogen and oxygen atoms in total. The van der Waals surface area contributed by atoms with Crippen molar-refractivity contribution in [1.29, 1.82) is 0 Å². The number of hydrogen-bond donors (Lipinski definition) is 0. The predicted molar refractivity (Wildman–Crippen MR) is 83.1 cm³/mol. The van der Waals surface area contributed by atoms with Crippen molar-refractivity contribution < 1.29 is 14.1 Å². The summed E-state index contributed by atoms with van der Waals surface area (Å²) in [6.07, 6.45) is 8.36. The van der Waals surface area contributed by atoms with Gasteiger partial charge >= 0.3 is 0 Å². The smallest absolute Gasteiger partial charge is 0.242 e. The van der Waals surface area contributed by atoms with Crippen molar-refractivity contribution in [2.75, 3.05) is 26.3 Å². The topological polar surface area (TPSA) is 86.3 Å². The molecule has 128 valence electrons. The molecule has 4 rings (SSSR count). The highest BCUT2D eigenvalue weighted by Gasteiger charge is 2.35. The highest BCUT2D eigenvalue weighted by molar-refractivity contribution is 5.77. The van der Waals surface area contributed by atoms with Crippen molar-refractivity contribution >= 4 is 5.91 Å². The third-order valence-electron chi connectivity index (χ3n) is 4.46. The Morgan fingerprint density at radius 1 is 1.38 bits per heavy atom. The molecule has 2 fully saturated rings. The molecule has 1 aliphatic heterocycles. The molecular weight excluding hydrogens is 310 g/mol. The molecule has 0 unspecified atom stereocenters. The molecule has 2 aromatic rings. The summed E-state index contributed by atoms with van der Waals surface area (Å²) in [6.45, 7) is 3.07. The number of hydrogen-bond acceptors (Lipinski definition) is 6. The Bertz CT molecular complexity index is 674. The van der Waals surface area contributed by atoms with E-state index >= 15 is 0 Å². The third kappa shape index (κ3) is 3.64. The van der Waals surface area contributed by atoms with Crippen LogP contribution in [0, 0.1) is 5.92 Å². The van der Waals surface area contributed by atoms with E-state index in [1.54, 1.807) is 28.2 Å². The van der Waals surface area contributed by atoms with Crippen LogP contribution < -0.4 is 0 Å². The summed E-state index contributed by atoms with van der Waals surface area (Å²) in [4.78, 5) is 22.3. The predicted octanol–water partition coefficient (Wildman–Crippen LogP) is 0.861. The molecule has 24 heavy (non-hydrogen) atoms. The van der Waals surface area contributed by atoms with Crippen LogP contribution in [-0.2, 0) is 22.5 Å². The number of carbonyl (C=O) groups excluding carboxylic acids is 1. The molecule has 1 amide bonds. The normalized spacial score (nSPS) is 17.9. The summed E-state index contributed by atoms with van der Waals surface area (Å²) in [5.41, 5.74) is 0. The van der Waals surface area contributed by atoms with Gasteiger partial charge in [0.25, 0.3) is 0 Å². The highest BCUT2D eigenvalue weighted by Crippen LogP contribution is 2.29. The van der Waals surface area contributed by atoms with Gasteiger partial charge in [-0.2, -0.15) is 4.98 Å². The van der Waals surface area contributed by atoms with Gasteiger partial charge in [-0.05, 0) is 18.8 Å². The fourth-order valence-electron chi connectivity index (χ4n) is 2.71. The van der Waals surface area contributed by atoms with E-state index in [9.17, 15) is 4.79 Å². The zero-order chi connectivity index (χ0) is 16.4. The lowest BCUT2D eigenvalue weighted by atomic mass is 10.00. The van der Waals surface area contributed by atoms with Gasteiger partial charge in [-0.25, -0.2) is 4.98 Å². The Kier molecular flexibility index (Phi) is 4.29. The number of amides is 1. The molecule has 0 bridgehead atoms. The lowest BCUT2D eigenvalue weighted by molar-refractivity contribution is -0.136. The zero-order valence-corrected chi connectivity index (χ0v) is 13.5. The second-order valence-electron chi connectivity index (χ2n) is 6.55. The zero-order valence-electron chi connectivity index (χ0n) is 13.5. The minimum Gasteiger partial charge on any atom is -0.381 e. The first-order valence-electron chi connectivity index (χ1n) is 8.41. The molecule has 2 aromatic heterocycles. The molecule has 1 saturated carbocycles. The van der Waals surface area contributed by atoms with Crippen LogP contribution in [0.2, 0.25) is 0 Å². The first kappa shape index (κ1) is 15.3. The number of likely N-dealkylation sites (tertiary alicyclic amines) is 1. The Labute approximate surface area is 139 Å². The van der Waals surface area contributed by atoms with Crippen molar-refractivity contribution in [3.8, 4) is 0 Å². The Balaban J connectivity index is 1.19. The minimum atomic E-state index is 0.0810. The molecule has 2 aliphatic rings. The van der Waals surface area contributed by atoms with E-state index < -0.39 is 0 Å². The maximum Gasteiger partial charge on any atom is 0.242 e.